The second-order valence-electron chi connectivity index (χ2n) is 5.92. The molecule has 0 saturated carbocycles. The summed E-state index contributed by atoms with van der Waals surface area (Å²) in [4.78, 5) is 36.2. The van der Waals surface area contributed by atoms with Gasteiger partial charge in [-0.25, -0.2) is 4.79 Å². The third-order valence-electron chi connectivity index (χ3n) is 3.99. The molecule has 1 atom stereocenters. The van der Waals surface area contributed by atoms with Crippen LogP contribution in [0.15, 0.2) is 39.8 Å². The van der Waals surface area contributed by atoms with E-state index in [2.05, 4.69) is 10.1 Å². The number of alkyl halides is 3. The Balaban J connectivity index is 1.61. The van der Waals surface area contributed by atoms with Crippen molar-refractivity contribution < 1.29 is 41.4 Å². The molecule has 1 aromatic heterocycles. The van der Waals surface area contributed by atoms with E-state index in [0.717, 1.165) is 23.9 Å². The van der Waals surface area contributed by atoms with Crippen LogP contribution in [0, 0.1) is 0 Å². The second kappa shape index (κ2) is 8.19. The lowest BCUT2D eigenvalue weighted by Gasteiger charge is -2.24. The Morgan fingerprint density at radius 1 is 1.28 bits per heavy atom. The van der Waals surface area contributed by atoms with Gasteiger partial charge in [-0.2, -0.15) is 13.2 Å². The maximum atomic E-state index is 12.8. The van der Waals surface area contributed by atoms with Gasteiger partial charge in [0, 0.05) is 4.90 Å². The van der Waals surface area contributed by atoms with Gasteiger partial charge in [0.2, 0.25) is 5.91 Å². The number of esters is 2. The zero-order valence-electron chi connectivity index (χ0n) is 14.9. The molecule has 1 unspecified atom stereocenters. The number of nitrogens with one attached hydrogen (secondary N) is 1. The van der Waals surface area contributed by atoms with E-state index >= 15 is 0 Å². The monoisotopic (exact) mass is 429 g/mol. The van der Waals surface area contributed by atoms with E-state index in [9.17, 15) is 27.6 Å². The number of anilines is 1. The largest absolute Gasteiger partial charge is 0.465 e. The summed E-state index contributed by atoms with van der Waals surface area (Å²) in [5, 5.41) is 1.51. The Kier molecular flexibility index (Phi) is 5.87. The number of thioether (sulfide) groups is 1. The zero-order chi connectivity index (χ0) is 21.2. The highest BCUT2D eigenvalue weighted by Gasteiger charge is 2.34. The molecule has 0 fully saturated rings. The van der Waals surface area contributed by atoms with Gasteiger partial charge in [-0.3, -0.25) is 9.59 Å². The molecule has 2 heterocycles. The summed E-state index contributed by atoms with van der Waals surface area (Å²) >= 11 is 0.970. The van der Waals surface area contributed by atoms with Gasteiger partial charge >= 0.3 is 18.1 Å². The van der Waals surface area contributed by atoms with Gasteiger partial charge in [0.05, 0.1) is 36.3 Å². The summed E-state index contributed by atoms with van der Waals surface area (Å²) in [6.45, 7) is -0.333. The van der Waals surface area contributed by atoms with Gasteiger partial charge in [0.1, 0.15) is 12.2 Å². The lowest BCUT2D eigenvalue weighted by Crippen LogP contribution is -2.31. The highest BCUT2D eigenvalue weighted by molar-refractivity contribution is 8.01. The molecule has 3 rings (SSSR count). The van der Waals surface area contributed by atoms with Gasteiger partial charge in [0.15, 0.2) is 5.76 Å². The lowest BCUT2D eigenvalue weighted by molar-refractivity contribution is -0.146. The number of methoxy groups -OCH3 is 1. The summed E-state index contributed by atoms with van der Waals surface area (Å²) in [6, 6.07) is 4.36. The third kappa shape index (κ3) is 4.73. The molecule has 0 saturated heterocycles. The van der Waals surface area contributed by atoms with Crippen LogP contribution in [0.5, 0.6) is 0 Å². The molecular weight excluding hydrogens is 415 g/mol. The molecule has 0 spiro atoms. The fourth-order valence-electron chi connectivity index (χ4n) is 2.56. The minimum atomic E-state index is -4.53. The molecule has 1 aliphatic heterocycles. The molecule has 2 aromatic rings. The van der Waals surface area contributed by atoms with Crippen molar-refractivity contribution in [1.29, 1.82) is 0 Å². The summed E-state index contributed by atoms with van der Waals surface area (Å²) in [5.74, 6) is -1.90. The lowest BCUT2D eigenvalue weighted by atomic mass is 10.1. The van der Waals surface area contributed by atoms with Crippen molar-refractivity contribution in [2.75, 3.05) is 12.4 Å². The Bertz CT molecular complexity index is 955. The van der Waals surface area contributed by atoms with Crippen LogP contribution in [0.3, 0.4) is 0 Å². The van der Waals surface area contributed by atoms with Crippen LogP contribution in [-0.4, -0.2) is 30.2 Å². The average molecular weight is 429 g/mol. The molecule has 1 amide bonds. The van der Waals surface area contributed by atoms with Crippen LogP contribution in [0.2, 0.25) is 0 Å². The van der Waals surface area contributed by atoms with Gasteiger partial charge in [-0.15, -0.1) is 11.8 Å². The summed E-state index contributed by atoms with van der Waals surface area (Å²) in [7, 11) is 1.19. The van der Waals surface area contributed by atoms with Gasteiger partial charge in [-0.05, 0) is 24.3 Å². The van der Waals surface area contributed by atoms with Crippen molar-refractivity contribution in [1.82, 2.24) is 0 Å². The van der Waals surface area contributed by atoms with Crippen LogP contribution in [0.4, 0.5) is 18.9 Å². The van der Waals surface area contributed by atoms with E-state index in [1.165, 1.54) is 25.5 Å². The zero-order valence-corrected chi connectivity index (χ0v) is 15.7. The molecule has 1 N–H and O–H groups in total. The Labute approximate surface area is 166 Å². The first-order chi connectivity index (χ1) is 13.7. The Morgan fingerprint density at radius 3 is 2.72 bits per heavy atom. The van der Waals surface area contributed by atoms with Crippen molar-refractivity contribution in [2.24, 2.45) is 0 Å². The summed E-state index contributed by atoms with van der Waals surface area (Å²) in [6.07, 6.45) is -3.60. The molecule has 1 aromatic carbocycles. The van der Waals surface area contributed by atoms with Crippen molar-refractivity contribution in [2.45, 2.75) is 29.3 Å². The Morgan fingerprint density at radius 2 is 2.03 bits per heavy atom. The number of carbonyl (C=O) groups excluding carboxylic acids is 3. The molecule has 1 aliphatic rings. The van der Waals surface area contributed by atoms with Crippen LogP contribution >= 0.6 is 11.8 Å². The number of halogens is 3. The van der Waals surface area contributed by atoms with E-state index in [4.69, 9.17) is 9.15 Å². The number of rotatable bonds is 5. The molecule has 7 nitrogen and oxygen atoms in total. The number of hydrogen-bond acceptors (Lipinski definition) is 7. The maximum absolute atomic E-state index is 12.8. The molecule has 0 bridgehead atoms. The first-order valence-corrected chi connectivity index (χ1v) is 9.06. The van der Waals surface area contributed by atoms with Gasteiger partial charge in [0.25, 0.3) is 0 Å². The van der Waals surface area contributed by atoms with E-state index < -0.39 is 34.8 Å². The number of amides is 1. The third-order valence-corrected chi connectivity index (χ3v) is 5.27. The quantitative estimate of drug-likeness (QED) is 0.726. The first-order valence-electron chi connectivity index (χ1n) is 8.18. The van der Waals surface area contributed by atoms with Crippen LogP contribution in [-0.2, 0) is 31.8 Å². The van der Waals surface area contributed by atoms with E-state index in [1.807, 2.05) is 0 Å². The smallest absolute Gasteiger partial charge is 0.416 e. The molecule has 11 heteroatoms. The molecular formula is C18H14F3NO6S. The van der Waals surface area contributed by atoms with E-state index in [1.54, 1.807) is 0 Å². The predicted octanol–water partition coefficient (Wildman–Crippen LogP) is 3.63. The second-order valence-corrected chi connectivity index (χ2v) is 7.16. The number of carbonyl (C=O) groups is 3. The summed E-state index contributed by atoms with van der Waals surface area (Å²) < 4.78 is 53.1. The minimum Gasteiger partial charge on any atom is -0.465 e. The fourth-order valence-corrected chi connectivity index (χ4v) is 3.64. The first kappa shape index (κ1) is 20.8. The standard InChI is InChI=1S/C18H14F3NO6S/c1-26-17(25)10-4-5-27-12(10)8-28-15(23)7-14-16(24)22-11-6-9(18(19,20)21)2-3-13(11)29-14/h2-6,14H,7-8H2,1H3,(H,22,24). The van der Waals surface area contributed by atoms with Crippen LogP contribution in [0.25, 0.3) is 0 Å². The van der Waals surface area contributed by atoms with E-state index in [-0.39, 0.29) is 30.0 Å². The minimum absolute atomic E-state index is 0.0396. The molecule has 0 radical (unpaired) electrons. The number of fused-ring (bicyclic) bond motifs is 1. The topological polar surface area (TPSA) is 94.8 Å². The number of benzene rings is 1. The molecule has 0 aliphatic carbocycles. The predicted molar refractivity (Wildman–Crippen MR) is 94.2 cm³/mol. The van der Waals surface area contributed by atoms with Gasteiger partial charge in [-0.1, -0.05) is 0 Å². The number of furan rings is 1. The van der Waals surface area contributed by atoms with Crippen molar-refractivity contribution in [3.63, 3.8) is 0 Å². The SMILES string of the molecule is COC(=O)c1ccoc1COC(=O)CC1Sc2ccc(C(F)(F)F)cc2NC1=O. The normalized spacial score (nSPS) is 16.0. The molecule has 154 valence electrons. The Hall–Kier alpha value is -2.95. The van der Waals surface area contributed by atoms with Crippen LogP contribution in [0.1, 0.15) is 28.1 Å². The maximum Gasteiger partial charge on any atom is 0.416 e. The van der Waals surface area contributed by atoms with Crippen molar-refractivity contribution in [3.05, 3.63) is 47.4 Å². The van der Waals surface area contributed by atoms with Crippen molar-refractivity contribution >= 4 is 35.3 Å². The van der Waals surface area contributed by atoms with Gasteiger partial charge < -0.3 is 19.2 Å². The fraction of sp³-hybridized carbons (Fsp3) is 0.278. The highest BCUT2D eigenvalue weighted by atomic mass is 32.2. The van der Waals surface area contributed by atoms with E-state index in [0.29, 0.717) is 4.90 Å². The summed E-state index contributed by atoms with van der Waals surface area (Å²) in [5.41, 5.74) is -0.730. The average Bonchev–Trinajstić information content (AvgIpc) is 3.14. The van der Waals surface area contributed by atoms with Crippen LogP contribution < -0.4 is 5.32 Å². The molecule has 29 heavy (non-hydrogen) atoms. The number of hydrogen-bond donors (Lipinski definition) is 1. The van der Waals surface area contributed by atoms with Crippen molar-refractivity contribution in [3.8, 4) is 0 Å². The highest BCUT2D eigenvalue weighted by Crippen LogP contribution is 2.40. The number of ether oxygens (including phenoxy) is 2.